The lowest BCUT2D eigenvalue weighted by atomic mass is 10.0. The summed E-state index contributed by atoms with van der Waals surface area (Å²) in [4.78, 5) is 0. The molecular formula is C19H16. The van der Waals surface area contributed by atoms with E-state index in [-0.39, 0.29) is 0 Å². The van der Waals surface area contributed by atoms with Crippen LogP contribution >= 0.6 is 0 Å². The second-order valence-electron chi connectivity index (χ2n) is 4.85. The highest BCUT2D eigenvalue weighted by atomic mass is 14.0. The van der Waals surface area contributed by atoms with Gasteiger partial charge in [-0.1, -0.05) is 78.4 Å². The molecule has 0 bridgehead atoms. The van der Waals surface area contributed by atoms with Gasteiger partial charge in [0.1, 0.15) is 0 Å². The van der Waals surface area contributed by atoms with Crippen LogP contribution in [0, 0.1) is 6.92 Å². The fourth-order valence-electron chi connectivity index (χ4n) is 2.24. The maximum atomic E-state index is 2.23. The molecule has 0 spiro atoms. The third kappa shape index (κ3) is 2.74. The molecule has 0 fully saturated rings. The fraction of sp³-hybridized carbons (Fsp3) is 0.0526. The third-order valence-electron chi connectivity index (χ3n) is 3.29. The van der Waals surface area contributed by atoms with Gasteiger partial charge in [0.15, 0.2) is 0 Å². The molecule has 92 valence electrons. The minimum atomic E-state index is 1.23. The number of rotatable bonds is 2. The first kappa shape index (κ1) is 11.7. The Labute approximate surface area is 114 Å². The first-order chi connectivity index (χ1) is 9.31. The van der Waals surface area contributed by atoms with Crippen LogP contribution in [0.15, 0.2) is 66.7 Å². The highest BCUT2D eigenvalue weighted by molar-refractivity contribution is 5.86. The number of hydrogen-bond acceptors (Lipinski definition) is 0. The summed E-state index contributed by atoms with van der Waals surface area (Å²) in [6, 6.07) is 23.5. The summed E-state index contributed by atoms with van der Waals surface area (Å²) in [7, 11) is 0. The molecule has 0 aromatic heterocycles. The zero-order valence-electron chi connectivity index (χ0n) is 11.0. The van der Waals surface area contributed by atoms with Crippen molar-refractivity contribution in [2.75, 3.05) is 0 Å². The molecule has 0 saturated carbocycles. The first-order valence-corrected chi connectivity index (χ1v) is 6.55. The molecule has 3 aromatic carbocycles. The normalized spacial score (nSPS) is 11.2. The Bertz CT molecular complexity index is 721. The van der Waals surface area contributed by atoms with Crippen molar-refractivity contribution in [3.8, 4) is 0 Å². The fourth-order valence-corrected chi connectivity index (χ4v) is 2.24. The quantitative estimate of drug-likeness (QED) is 0.535. The van der Waals surface area contributed by atoms with Crippen LogP contribution in [0.3, 0.4) is 0 Å². The van der Waals surface area contributed by atoms with E-state index in [2.05, 4.69) is 79.7 Å². The number of hydrogen-bond donors (Lipinski definition) is 0. The van der Waals surface area contributed by atoms with Gasteiger partial charge in [0.05, 0.1) is 0 Å². The van der Waals surface area contributed by atoms with E-state index in [4.69, 9.17) is 0 Å². The van der Waals surface area contributed by atoms with E-state index in [0.29, 0.717) is 0 Å². The average Bonchev–Trinajstić information content (AvgIpc) is 2.46. The van der Waals surface area contributed by atoms with Crippen molar-refractivity contribution in [3.05, 3.63) is 83.4 Å². The van der Waals surface area contributed by atoms with E-state index in [1.165, 1.54) is 27.5 Å². The first-order valence-electron chi connectivity index (χ1n) is 6.55. The molecule has 0 unspecified atom stereocenters. The van der Waals surface area contributed by atoms with E-state index >= 15 is 0 Å². The summed E-state index contributed by atoms with van der Waals surface area (Å²) in [5, 5.41) is 2.60. The summed E-state index contributed by atoms with van der Waals surface area (Å²) >= 11 is 0. The molecule has 0 amide bonds. The zero-order valence-corrected chi connectivity index (χ0v) is 11.0. The zero-order chi connectivity index (χ0) is 13.1. The minimum absolute atomic E-state index is 1.23. The molecule has 0 aliphatic rings. The number of benzene rings is 3. The summed E-state index contributed by atoms with van der Waals surface area (Å²) in [6.07, 6.45) is 4.31. The standard InChI is InChI=1S/C19H16/c1-15-7-11-19-14-17(10-12-18(19)13-15)9-8-16-5-3-2-4-6-16/h2-14H,1H3/b9-8+. The Morgan fingerprint density at radius 2 is 1.32 bits per heavy atom. The lowest BCUT2D eigenvalue weighted by molar-refractivity contribution is 1.50. The van der Waals surface area contributed by atoms with Crippen molar-refractivity contribution >= 4 is 22.9 Å². The highest BCUT2D eigenvalue weighted by Gasteiger charge is 1.95. The van der Waals surface area contributed by atoms with Gasteiger partial charge in [-0.05, 0) is 34.9 Å². The molecule has 0 atom stereocenters. The maximum Gasteiger partial charge on any atom is -0.0178 e. The highest BCUT2D eigenvalue weighted by Crippen LogP contribution is 2.19. The largest absolute Gasteiger partial charge is 0.0622 e. The van der Waals surface area contributed by atoms with Gasteiger partial charge >= 0.3 is 0 Å². The lowest BCUT2D eigenvalue weighted by Crippen LogP contribution is -1.78. The summed E-state index contributed by atoms with van der Waals surface area (Å²) in [6.45, 7) is 2.13. The van der Waals surface area contributed by atoms with Gasteiger partial charge in [-0.2, -0.15) is 0 Å². The van der Waals surface area contributed by atoms with E-state index < -0.39 is 0 Å². The van der Waals surface area contributed by atoms with Crippen LogP contribution in [0.5, 0.6) is 0 Å². The number of fused-ring (bicyclic) bond motifs is 1. The van der Waals surface area contributed by atoms with Crippen LogP contribution in [-0.4, -0.2) is 0 Å². The minimum Gasteiger partial charge on any atom is -0.0622 e. The van der Waals surface area contributed by atoms with Crippen molar-refractivity contribution in [2.24, 2.45) is 0 Å². The molecule has 0 saturated heterocycles. The van der Waals surface area contributed by atoms with Crippen molar-refractivity contribution in [1.82, 2.24) is 0 Å². The van der Waals surface area contributed by atoms with Crippen LogP contribution in [0.4, 0.5) is 0 Å². The Hall–Kier alpha value is -2.34. The van der Waals surface area contributed by atoms with Gasteiger partial charge in [-0.15, -0.1) is 0 Å². The molecule has 0 aliphatic carbocycles. The van der Waals surface area contributed by atoms with Crippen LogP contribution < -0.4 is 0 Å². The second-order valence-corrected chi connectivity index (χ2v) is 4.85. The Morgan fingerprint density at radius 1 is 0.632 bits per heavy atom. The van der Waals surface area contributed by atoms with Crippen LogP contribution in [-0.2, 0) is 0 Å². The summed E-state index contributed by atoms with van der Waals surface area (Å²) in [5.41, 5.74) is 3.77. The molecule has 0 heterocycles. The molecule has 3 aromatic rings. The second kappa shape index (κ2) is 5.11. The van der Waals surface area contributed by atoms with Crippen molar-refractivity contribution in [1.29, 1.82) is 0 Å². The number of aryl methyl sites for hydroxylation is 1. The SMILES string of the molecule is Cc1ccc2cc(/C=C/c3ccccc3)ccc2c1. The Morgan fingerprint density at radius 3 is 2.16 bits per heavy atom. The van der Waals surface area contributed by atoms with Gasteiger partial charge in [0.25, 0.3) is 0 Å². The molecule has 0 radical (unpaired) electrons. The Kier molecular flexibility index (Phi) is 3.16. The molecule has 0 nitrogen and oxygen atoms in total. The van der Waals surface area contributed by atoms with E-state index in [1.807, 2.05) is 6.07 Å². The predicted octanol–water partition coefficient (Wildman–Crippen LogP) is 5.32. The molecule has 0 heteroatoms. The maximum absolute atomic E-state index is 2.23. The topological polar surface area (TPSA) is 0 Å². The van der Waals surface area contributed by atoms with Crippen molar-refractivity contribution in [2.45, 2.75) is 6.92 Å². The molecular weight excluding hydrogens is 228 g/mol. The monoisotopic (exact) mass is 244 g/mol. The van der Waals surface area contributed by atoms with Gasteiger partial charge in [-0.3, -0.25) is 0 Å². The van der Waals surface area contributed by atoms with E-state index in [9.17, 15) is 0 Å². The predicted molar refractivity (Wildman–Crippen MR) is 84.1 cm³/mol. The molecule has 0 N–H and O–H groups in total. The van der Waals surface area contributed by atoms with Crippen molar-refractivity contribution in [3.63, 3.8) is 0 Å². The lowest BCUT2D eigenvalue weighted by Gasteiger charge is -2.01. The molecule has 3 rings (SSSR count). The van der Waals surface area contributed by atoms with Gasteiger partial charge < -0.3 is 0 Å². The smallest absolute Gasteiger partial charge is 0.0178 e. The van der Waals surface area contributed by atoms with Crippen LogP contribution in [0.1, 0.15) is 16.7 Å². The average molecular weight is 244 g/mol. The van der Waals surface area contributed by atoms with Crippen molar-refractivity contribution < 1.29 is 0 Å². The molecule has 0 aliphatic heterocycles. The molecule has 19 heavy (non-hydrogen) atoms. The Balaban J connectivity index is 1.94. The van der Waals surface area contributed by atoms with Gasteiger partial charge in [0.2, 0.25) is 0 Å². The van der Waals surface area contributed by atoms with Gasteiger partial charge in [0, 0.05) is 0 Å². The summed E-state index contributed by atoms with van der Waals surface area (Å²) < 4.78 is 0. The summed E-state index contributed by atoms with van der Waals surface area (Å²) in [5.74, 6) is 0. The van der Waals surface area contributed by atoms with Crippen LogP contribution in [0.25, 0.3) is 22.9 Å². The third-order valence-corrected chi connectivity index (χ3v) is 3.29. The van der Waals surface area contributed by atoms with Gasteiger partial charge in [-0.25, -0.2) is 0 Å². The van der Waals surface area contributed by atoms with E-state index in [0.717, 1.165) is 0 Å². The van der Waals surface area contributed by atoms with E-state index in [1.54, 1.807) is 0 Å². The van der Waals surface area contributed by atoms with Crippen LogP contribution in [0.2, 0.25) is 0 Å².